The third-order valence-electron chi connectivity index (χ3n) is 9.99. The van der Waals surface area contributed by atoms with Crippen molar-refractivity contribution in [3.63, 3.8) is 0 Å². The monoisotopic (exact) mass is 952 g/mol. The van der Waals surface area contributed by atoms with Crippen LogP contribution >= 0.6 is 0 Å². The van der Waals surface area contributed by atoms with Crippen LogP contribution in [-0.2, 0) is 76.9 Å². The summed E-state index contributed by atoms with van der Waals surface area (Å²) in [5.74, 6) is -2.92. The first-order chi connectivity index (χ1) is 28.9. The van der Waals surface area contributed by atoms with Gasteiger partial charge in [-0.2, -0.15) is 16.8 Å². The average molecular weight is 953 g/mol. The molecule has 18 nitrogen and oxygen atoms in total. The lowest BCUT2D eigenvalue weighted by Crippen LogP contribution is -2.56. The molecular weight excluding hydrogens is 892 g/mol. The smallest absolute Gasteiger partial charge is 0.415 e. The Hall–Kier alpha value is -2.39. The highest BCUT2D eigenvalue weighted by Crippen LogP contribution is 2.46. The third kappa shape index (κ3) is 13.8. The maximum absolute atomic E-state index is 12.2. The van der Waals surface area contributed by atoms with Crippen molar-refractivity contribution in [2.24, 2.45) is 0 Å². The summed E-state index contributed by atoms with van der Waals surface area (Å²) in [5.41, 5.74) is 1.92. The molecule has 356 valence electrons. The molecule has 0 bridgehead atoms. The van der Waals surface area contributed by atoms with E-state index < -0.39 is 89.4 Å². The predicted octanol–water partition coefficient (Wildman–Crippen LogP) is 5.85. The first kappa shape index (κ1) is 50.0. The van der Waals surface area contributed by atoms with E-state index >= 15 is 0 Å². The highest BCUT2D eigenvalue weighted by molar-refractivity contribution is 7.82. The van der Waals surface area contributed by atoms with E-state index in [1.165, 1.54) is 12.1 Å². The van der Waals surface area contributed by atoms with Crippen LogP contribution in [0.4, 0.5) is 3.89 Å². The van der Waals surface area contributed by atoms with E-state index in [0.717, 1.165) is 11.1 Å². The molecule has 0 aliphatic carbocycles. The van der Waals surface area contributed by atoms with Gasteiger partial charge in [-0.15, -0.1) is 0 Å². The van der Waals surface area contributed by atoms with Crippen molar-refractivity contribution < 1.29 is 85.1 Å². The molecule has 8 rings (SSSR count). The van der Waals surface area contributed by atoms with Gasteiger partial charge in [0.25, 0.3) is 0 Å². The second-order valence-electron chi connectivity index (χ2n) is 18.7. The van der Waals surface area contributed by atoms with Crippen molar-refractivity contribution in [2.45, 2.75) is 173 Å². The van der Waals surface area contributed by atoms with Crippen molar-refractivity contribution in [1.82, 2.24) is 0 Å². The van der Waals surface area contributed by atoms with Gasteiger partial charge < -0.3 is 60.2 Å². The molecule has 2 aromatic rings. The minimum absolute atomic E-state index is 0.0249. The first-order valence-corrected chi connectivity index (χ1v) is 26.6. The average Bonchev–Trinajstić information content (AvgIpc) is 3.84. The van der Waals surface area contributed by atoms with Crippen molar-refractivity contribution in [1.29, 1.82) is 0 Å². The Labute approximate surface area is 370 Å². The summed E-state index contributed by atoms with van der Waals surface area (Å²) < 4.78 is 136. The summed E-state index contributed by atoms with van der Waals surface area (Å²) >= 11 is 0. The number of halogens is 1. The minimum atomic E-state index is -4.89. The number of rotatable bonds is 10. The molecule has 0 radical (unpaired) electrons. The maximum Gasteiger partial charge on any atom is 0.488 e. The second kappa shape index (κ2) is 18.4. The summed E-state index contributed by atoms with van der Waals surface area (Å²) in [6.45, 7) is 25.1. The summed E-state index contributed by atoms with van der Waals surface area (Å²) in [5, 5.41) is 0. The quantitative estimate of drug-likeness (QED) is 0.203. The fourth-order valence-electron chi connectivity index (χ4n) is 7.58. The molecule has 0 spiro atoms. The minimum Gasteiger partial charge on any atom is -0.415 e. The van der Waals surface area contributed by atoms with Crippen LogP contribution in [-0.4, -0.2) is 123 Å². The van der Waals surface area contributed by atoms with Crippen molar-refractivity contribution in [3.05, 3.63) is 59.7 Å². The van der Waals surface area contributed by atoms with Gasteiger partial charge in [-0.05, 0) is 113 Å². The molecule has 6 aliphatic rings. The van der Waals surface area contributed by atoms with Crippen molar-refractivity contribution in [3.8, 4) is 11.5 Å². The van der Waals surface area contributed by atoms with Crippen molar-refractivity contribution >= 4 is 29.2 Å². The van der Waals surface area contributed by atoms with Gasteiger partial charge in [0.15, 0.2) is 44.0 Å². The van der Waals surface area contributed by atoms with Crippen LogP contribution in [0.1, 0.15) is 66.5 Å². The maximum atomic E-state index is 12.2. The lowest BCUT2D eigenvalue weighted by atomic mass is 9.99. The molecule has 0 saturated carbocycles. The normalized spacial score (nSPS) is 33.3. The number of benzene rings is 2. The summed E-state index contributed by atoms with van der Waals surface area (Å²) in [6.07, 6.45) is -4.37. The molecule has 0 amide bonds. The number of fused-ring (bicyclic) bond motifs is 6. The van der Waals surface area contributed by atoms with Crippen molar-refractivity contribution in [2.75, 3.05) is 13.2 Å². The molecule has 6 aliphatic heterocycles. The highest BCUT2D eigenvalue weighted by atomic mass is 32.3. The molecule has 63 heavy (non-hydrogen) atoms. The lowest BCUT2D eigenvalue weighted by molar-refractivity contribution is -0.239. The molecule has 2 aromatic carbocycles. The second-order valence-corrected chi connectivity index (χ2v) is 25.4. The van der Waals surface area contributed by atoms with Gasteiger partial charge >= 0.3 is 20.9 Å². The highest BCUT2D eigenvalue weighted by Gasteiger charge is 2.62. The van der Waals surface area contributed by atoms with E-state index in [1.54, 1.807) is 64.1 Å². The fourth-order valence-corrected chi connectivity index (χ4v) is 9.28. The van der Waals surface area contributed by atoms with Crippen LogP contribution < -0.4 is 8.37 Å². The van der Waals surface area contributed by atoms with Gasteiger partial charge in [-0.1, -0.05) is 39.3 Å². The molecule has 10 atom stereocenters. The Morgan fingerprint density at radius 2 is 0.873 bits per heavy atom. The lowest BCUT2D eigenvalue weighted by Gasteiger charge is -2.38. The van der Waals surface area contributed by atoms with Crippen LogP contribution in [0, 0.1) is 13.8 Å². The van der Waals surface area contributed by atoms with Crippen LogP contribution in [0.25, 0.3) is 0 Å². The van der Waals surface area contributed by atoms with Gasteiger partial charge in [0, 0.05) is 0 Å². The van der Waals surface area contributed by atoms with Gasteiger partial charge in [0.1, 0.15) is 60.3 Å². The molecule has 6 saturated heterocycles. The number of hydrogen-bond donors (Lipinski definition) is 0. The Morgan fingerprint density at radius 3 is 1.27 bits per heavy atom. The Kier molecular flexibility index (Phi) is 14.6. The largest absolute Gasteiger partial charge is 0.488 e. The van der Waals surface area contributed by atoms with E-state index in [2.05, 4.69) is 23.8 Å². The van der Waals surface area contributed by atoms with E-state index in [-0.39, 0.29) is 42.5 Å². The molecular formula is C41H61FO18S2Si. The Morgan fingerprint density at radius 1 is 0.524 bits per heavy atom. The van der Waals surface area contributed by atoms with Gasteiger partial charge in [0.2, 0.25) is 0 Å². The van der Waals surface area contributed by atoms with Gasteiger partial charge in [0.05, 0.1) is 13.2 Å². The van der Waals surface area contributed by atoms with Crippen LogP contribution in [0.2, 0.25) is 19.6 Å². The topological polar surface area (TPSA) is 197 Å². The zero-order valence-corrected chi connectivity index (χ0v) is 40.5. The predicted molar refractivity (Wildman–Crippen MR) is 223 cm³/mol. The van der Waals surface area contributed by atoms with E-state index in [0.29, 0.717) is 6.61 Å². The zero-order valence-electron chi connectivity index (χ0n) is 37.8. The van der Waals surface area contributed by atoms with Crippen LogP contribution in [0.15, 0.2) is 48.5 Å². The fraction of sp³-hybridized carbons (Fsp3) is 0.707. The number of ether oxygens (including phenoxy) is 10. The van der Waals surface area contributed by atoms with E-state index in [9.17, 15) is 20.7 Å². The molecule has 0 aromatic heterocycles. The third-order valence-corrected chi connectivity index (χ3v) is 12.2. The number of aryl methyl sites for hydroxylation is 2. The summed E-state index contributed by atoms with van der Waals surface area (Å²) in [6, 6.07) is 12.6. The molecule has 6 heterocycles. The van der Waals surface area contributed by atoms with E-state index in [1.807, 2.05) is 41.5 Å². The first-order valence-electron chi connectivity index (χ1n) is 20.6. The summed E-state index contributed by atoms with van der Waals surface area (Å²) in [4.78, 5) is 0. The Bertz CT molecular complexity index is 2100. The van der Waals surface area contributed by atoms with Crippen LogP contribution in [0.5, 0.6) is 11.5 Å². The molecule has 6 fully saturated rings. The standard InChI is InChI=1S/C19H26O9S.C15H28O6Si.C7H7FO3S/c1-11-6-8-12(9-7-11)28-29(20,21)22-10-13-14-15(25-18(2,3)24-14)16-17(23-13)27-19(4,5)26-16;1-14(2)18-10-9(8-16-22(5,6)7)17-13-12(11(10)19-14)20-15(3,4)21-13;1-6-2-4-7(5-3-6)11-12(8,9)10/h6-9,13-17H,10H2,1-5H3;9-13H,8H2,1-7H3;2-5H,1H3/t13?,14-,15-,16?,17+;9?,10-,11-,12?,13+;/m00./s1. The van der Waals surface area contributed by atoms with Gasteiger partial charge in [-0.25, -0.2) is 4.18 Å². The van der Waals surface area contributed by atoms with Crippen LogP contribution in [0.3, 0.4) is 0 Å². The molecule has 0 N–H and O–H groups in total. The zero-order chi connectivity index (χ0) is 46.6. The Balaban J connectivity index is 0.000000171. The van der Waals surface area contributed by atoms with E-state index in [4.69, 9.17) is 60.2 Å². The molecule has 22 heteroatoms. The summed E-state index contributed by atoms with van der Waals surface area (Å²) in [7, 11) is -10.8. The SMILES string of the molecule is CC1(C)OC2[C@H](OC(CO[Si](C)(C)C)[C@@H]3OC(C)(C)O[C@H]23)O1.Cc1ccc(OS(=O)(=O)F)cc1.Cc1ccc(OS(=O)(=O)OCC2O[C@@H]3OC(C)(C)OC3[C@H]3OC(C)(C)O[C@@H]23)cc1. The van der Waals surface area contributed by atoms with Gasteiger partial charge in [-0.3, -0.25) is 0 Å². The molecule has 4 unspecified atom stereocenters. The number of hydrogen-bond acceptors (Lipinski definition) is 18.